The Hall–Kier alpha value is 0. The van der Waals surface area contributed by atoms with Gasteiger partial charge in [0.05, 0.1) is 0 Å². The maximum atomic E-state index is 2.50. The van der Waals surface area contributed by atoms with Crippen molar-refractivity contribution in [2.24, 2.45) is 17.3 Å². The van der Waals surface area contributed by atoms with Crippen molar-refractivity contribution in [3.8, 4) is 0 Å². The van der Waals surface area contributed by atoms with Crippen molar-refractivity contribution in [3.63, 3.8) is 0 Å². The van der Waals surface area contributed by atoms with Crippen LogP contribution in [0.25, 0.3) is 0 Å². The minimum absolute atomic E-state index is 0.749. The predicted molar refractivity (Wildman–Crippen MR) is 73.7 cm³/mol. The summed E-state index contributed by atoms with van der Waals surface area (Å²) in [5, 5.41) is 0. The molecule has 96 valence electrons. The Labute approximate surface area is 103 Å². The smallest absolute Gasteiger partial charge is 0.0323 e. The van der Waals surface area contributed by atoms with Gasteiger partial charge in [0, 0.05) is 0 Å². The van der Waals surface area contributed by atoms with Crippen molar-refractivity contribution in [3.05, 3.63) is 0 Å². The molecular weight excluding hydrogens is 192 g/mol. The standard InChI is InChI=1S/C16H32/c1-5-7-8-10-15(14(3)9-6-2)13-16(4)11-12-16/h14-15H,5-13H2,1-4H3. The lowest BCUT2D eigenvalue weighted by Gasteiger charge is -2.26. The van der Waals surface area contributed by atoms with Gasteiger partial charge in [-0.25, -0.2) is 0 Å². The Morgan fingerprint density at radius 1 is 1.00 bits per heavy atom. The highest BCUT2D eigenvalue weighted by atomic mass is 14.4. The Morgan fingerprint density at radius 3 is 2.19 bits per heavy atom. The van der Waals surface area contributed by atoms with E-state index in [0.29, 0.717) is 0 Å². The van der Waals surface area contributed by atoms with Gasteiger partial charge in [0.15, 0.2) is 0 Å². The van der Waals surface area contributed by atoms with E-state index in [2.05, 4.69) is 27.7 Å². The molecule has 2 atom stereocenters. The first-order valence-electron chi connectivity index (χ1n) is 7.61. The highest BCUT2D eigenvalue weighted by Crippen LogP contribution is 2.52. The first-order chi connectivity index (χ1) is 7.61. The van der Waals surface area contributed by atoms with Crippen LogP contribution in [0.15, 0.2) is 0 Å². The van der Waals surface area contributed by atoms with E-state index in [-0.39, 0.29) is 0 Å². The lowest BCUT2D eigenvalue weighted by molar-refractivity contribution is 0.245. The van der Waals surface area contributed by atoms with Gasteiger partial charge in [0.2, 0.25) is 0 Å². The predicted octanol–water partition coefficient (Wildman–Crippen LogP) is 5.81. The van der Waals surface area contributed by atoms with Crippen molar-refractivity contribution >= 4 is 0 Å². The number of hydrogen-bond donors (Lipinski definition) is 0. The molecule has 0 spiro atoms. The zero-order valence-corrected chi connectivity index (χ0v) is 12.0. The average Bonchev–Trinajstić information content (AvgIpc) is 2.96. The van der Waals surface area contributed by atoms with E-state index in [4.69, 9.17) is 0 Å². The molecular formula is C16H32. The molecule has 1 fully saturated rings. The van der Waals surface area contributed by atoms with Gasteiger partial charge in [0.25, 0.3) is 0 Å². The topological polar surface area (TPSA) is 0 Å². The van der Waals surface area contributed by atoms with Crippen molar-refractivity contribution < 1.29 is 0 Å². The average molecular weight is 224 g/mol. The van der Waals surface area contributed by atoms with Gasteiger partial charge in [-0.15, -0.1) is 0 Å². The molecule has 2 unspecified atom stereocenters. The largest absolute Gasteiger partial charge is 0.0654 e. The quantitative estimate of drug-likeness (QED) is 0.434. The van der Waals surface area contributed by atoms with Crippen LogP contribution in [0.1, 0.15) is 85.5 Å². The second-order valence-electron chi connectivity index (χ2n) is 6.54. The minimum Gasteiger partial charge on any atom is -0.0654 e. The second-order valence-corrected chi connectivity index (χ2v) is 6.54. The summed E-state index contributed by atoms with van der Waals surface area (Å²) in [5.41, 5.74) is 0.749. The molecule has 0 radical (unpaired) electrons. The van der Waals surface area contributed by atoms with Crippen LogP contribution >= 0.6 is 0 Å². The van der Waals surface area contributed by atoms with Crippen LogP contribution in [0.5, 0.6) is 0 Å². The summed E-state index contributed by atoms with van der Waals surface area (Å²) in [6, 6.07) is 0. The van der Waals surface area contributed by atoms with Crippen LogP contribution in [-0.4, -0.2) is 0 Å². The van der Waals surface area contributed by atoms with Crippen molar-refractivity contribution in [1.82, 2.24) is 0 Å². The van der Waals surface area contributed by atoms with E-state index in [9.17, 15) is 0 Å². The van der Waals surface area contributed by atoms with E-state index >= 15 is 0 Å². The Balaban J connectivity index is 2.34. The van der Waals surface area contributed by atoms with E-state index in [1.807, 2.05) is 0 Å². The van der Waals surface area contributed by atoms with Gasteiger partial charge in [-0.3, -0.25) is 0 Å². The highest BCUT2D eigenvalue weighted by Gasteiger charge is 2.39. The van der Waals surface area contributed by atoms with Crippen LogP contribution in [0.2, 0.25) is 0 Å². The third-order valence-corrected chi connectivity index (χ3v) is 4.59. The molecule has 0 bridgehead atoms. The van der Waals surface area contributed by atoms with E-state index in [0.717, 1.165) is 17.3 Å². The van der Waals surface area contributed by atoms with Crippen LogP contribution in [0, 0.1) is 17.3 Å². The van der Waals surface area contributed by atoms with E-state index < -0.39 is 0 Å². The minimum atomic E-state index is 0.749. The summed E-state index contributed by atoms with van der Waals surface area (Å²) in [7, 11) is 0. The van der Waals surface area contributed by atoms with Crippen molar-refractivity contribution in [2.45, 2.75) is 85.5 Å². The number of unbranched alkanes of at least 4 members (excludes halogenated alkanes) is 2. The molecule has 1 saturated carbocycles. The highest BCUT2D eigenvalue weighted by molar-refractivity contribution is 4.91. The van der Waals surface area contributed by atoms with Gasteiger partial charge in [-0.2, -0.15) is 0 Å². The zero-order valence-electron chi connectivity index (χ0n) is 12.0. The van der Waals surface area contributed by atoms with Gasteiger partial charge >= 0.3 is 0 Å². The van der Waals surface area contributed by atoms with Crippen LogP contribution in [-0.2, 0) is 0 Å². The molecule has 0 saturated heterocycles. The summed E-state index contributed by atoms with van der Waals surface area (Å²) in [6.07, 6.45) is 13.1. The fraction of sp³-hybridized carbons (Fsp3) is 1.00. The molecule has 16 heavy (non-hydrogen) atoms. The van der Waals surface area contributed by atoms with Gasteiger partial charge < -0.3 is 0 Å². The zero-order chi connectivity index (χ0) is 12.0. The van der Waals surface area contributed by atoms with Gasteiger partial charge in [0.1, 0.15) is 0 Å². The Bertz CT molecular complexity index is 178. The van der Waals surface area contributed by atoms with E-state index in [1.54, 1.807) is 0 Å². The van der Waals surface area contributed by atoms with Crippen molar-refractivity contribution in [2.75, 3.05) is 0 Å². The van der Waals surface area contributed by atoms with Crippen LogP contribution in [0.3, 0.4) is 0 Å². The number of rotatable bonds is 9. The monoisotopic (exact) mass is 224 g/mol. The van der Waals surface area contributed by atoms with E-state index in [1.165, 1.54) is 57.8 Å². The normalized spacial score (nSPS) is 21.8. The summed E-state index contributed by atoms with van der Waals surface area (Å²) < 4.78 is 0. The summed E-state index contributed by atoms with van der Waals surface area (Å²) >= 11 is 0. The van der Waals surface area contributed by atoms with Gasteiger partial charge in [-0.1, -0.05) is 66.2 Å². The second kappa shape index (κ2) is 6.67. The third kappa shape index (κ3) is 4.89. The molecule has 0 heteroatoms. The maximum Gasteiger partial charge on any atom is -0.0323 e. The molecule has 0 amide bonds. The third-order valence-electron chi connectivity index (χ3n) is 4.59. The molecule has 0 N–H and O–H groups in total. The lowest BCUT2D eigenvalue weighted by atomic mass is 9.79. The SMILES string of the molecule is CCCCCC(CC1(C)CC1)C(C)CCC. The molecule has 0 aromatic heterocycles. The number of hydrogen-bond acceptors (Lipinski definition) is 0. The molecule has 1 aliphatic rings. The first-order valence-corrected chi connectivity index (χ1v) is 7.61. The molecule has 0 aromatic carbocycles. The molecule has 0 nitrogen and oxygen atoms in total. The fourth-order valence-electron chi connectivity index (χ4n) is 2.99. The molecule has 1 rings (SSSR count). The van der Waals surface area contributed by atoms with Crippen LogP contribution in [0.4, 0.5) is 0 Å². The molecule has 0 heterocycles. The molecule has 1 aliphatic carbocycles. The maximum absolute atomic E-state index is 2.50. The Kier molecular flexibility index (Phi) is 5.86. The van der Waals surface area contributed by atoms with Gasteiger partial charge in [-0.05, 0) is 36.5 Å². The summed E-state index contributed by atoms with van der Waals surface area (Å²) in [5.74, 6) is 1.97. The first kappa shape index (κ1) is 14.1. The summed E-state index contributed by atoms with van der Waals surface area (Å²) in [6.45, 7) is 9.63. The summed E-state index contributed by atoms with van der Waals surface area (Å²) in [4.78, 5) is 0. The molecule has 0 aromatic rings. The van der Waals surface area contributed by atoms with Crippen molar-refractivity contribution in [1.29, 1.82) is 0 Å². The fourth-order valence-corrected chi connectivity index (χ4v) is 2.99. The lowest BCUT2D eigenvalue weighted by Crippen LogP contribution is -2.16. The molecule has 0 aliphatic heterocycles. The Morgan fingerprint density at radius 2 is 1.69 bits per heavy atom. The van der Waals surface area contributed by atoms with Crippen LogP contribution < -0.4 is 0 Å².